The molecule has 22 heavy (non-hydrogen) atoms. The number of hydrazine groups is 2. The summed E-state index contributed by atoms with van der Waals surface area (Å²) in [6.07, 6.45) is 0.403. The van der Waals surface area contributed by atoms with Crippen LogP contribution in [0.15, 0.2) is 35.2 Å². The molecule has 5 N–H and O–H groups in total. The second-order valence-corrected chi connectivity index (χ2v) is 7.05. The van der Waals surface area contributed by atoms with Crippen LogP contribution in [0.5, 0.6) is 0 Å². The number of aryl methyl sites for hydroxylation is 1. The van der Waals surface area contributed by atoms with E-state index in [0.717, 1.165) is 21.4 Å². The summed E-state index contributed by atoms with van der Waals surface area (Å²) in [6.45, 7) is 2.12. The Morgan fingerprint density at radius 2 is 2.09 bits per heavy atom. The maximum absolute atomic E-state index is 8.94. The largest absolute Gasteiger partial charge is 0.313 e. The molecule has 0 saturated carbocycles. The molecule has 1 amide bonds. The molecule has 0 fully saturated rings. The number of hydrogen-bond acceptors (Lipinski definition) is 6. The Kier molecular flexibility index (Phi) is 8.29. The minimum Gasteiger partial charge on any atom is -0.313 e. The maximum atomic E-state index is 8.94. The number of nitrogens with zero attached hydrogens (tertiary/aromatic N) is 1. The van der Waals surface area contributed by atoms with Crippen molar-refractivity contribution in [1.29, 1.82) is 0 Å². The zero-order valence-electron chi connectivity index (χ0n) is 12.4. The van der Waals surface area contributed by atoms with Gasteiger partial charge in [0.1, 0.15) is 0 Å². The molecule has 1 heterocycles. The first kappa shape index (κ1) is 18.8. The fourth-order valence-electron chi connectivity index (χ4n) is 1.62. The number of anilines is 1. The summed E-state index contributed by atoms with van der Waals surface area (Å²) in [6, 6.07) is 10.1. The summed E-state index contributed by atoms with van der Waals surface area (Å²) in [4.78, 5) is 12.7. The monoisotopic (exact) mass is 358 g/mol. The van der Waals surface area contributed by atoms with Crippen molar-refractivity contribution >= 4 is 46.8 Å². The molecule has 0 aliphatic rings. The van der Waals surface area contributed by atoms with E-state index in [2.05, 4.69) is 24.9 Å². The SMILES string of the molecule is Cc1ccc(CSc2c(Cl)cccc2N(C)N)s1.NNC=O. The van der Waals surface area contributed by atoms with Crippen LogP contribution in [0.25, 0.3) is 0 Å². The lowest BCUT2D eigenvalue weighted by Crippen LogP contribution is -2.25. The van der Waals surface area contributed by atoms with E-state index in [1.54, 1.807) is 22.2 Å². The number of nitrogens with two attached hydrogens (primary N) is 2. The summed E-state index contributed by atoms with van der Waals surface area (Å²) in [5.41, 5.74) is 2.71. The Hall–Kier alpha value is -1.25. The number of amides is 1. The van der Waals surface area contributed by atoms with Gasteiger partial charge in [-0.2, -0.15) is 0 Å². The van der Waals surface area contributed by atoms with Crippen molar-refractivity contribution in [3.8, 4) is 0 Å². The average Bonchev–Trinajstić information content (AvgIpc) is 2.91. The third-order valence-corrected chi connectivity index (χ3v) is 5.33. The van der Waals surface area contributed by atoms with Gasteiger partial charge in [-0.15, -0.1) is 23.1 Å². The van der Waals surface area contributed by atoms with Crippen LogP contribution in [0.2, 0.25) is 5.02 Å². The molecule has 0 radical (unpaired) electrons. The lowest BCUT2D eigenvalue weighted by molar-refractivity contribution is -0.109. The second-order valence-electron chi connectivity index (χ2n) is 4.28. The second kappa shape index (κ2) is 9.70. The van der Waals surface area contributed by atoms with Crippen molar-refractivity contribution in [3.63, 3.8) is 0 Å². The van der Waals surface area contributed by atoms with Gasteiger partial charge in [-0.25, -0.2) is 11.7 Å². The lowest BCUT2D eigenvalue weighted by Gasteiger charge is -2.17. The number of carbonyl (C=O) groups excluding carboxylic acids is 1. The first-order valence-corrected chi connectivity index (χ1v) is 8.52. The van der Waals surface area contributed by atoms with E-state index < -0.39 is 0 Å². The van der Waals surface area contributed by atoms with E-state index in [4.69, 9.17) is 22.2 Å². The van der Waals surface area contributed by atoms with Crippen LogP contribution in [0.3, 0.4) is 0 Å². The smallest absolute Gasteiger partial charge is 0.221 e. The molecular weight excluding hydrogens is 340 g/mol. The topological polar surface area (TPSA) is 84.4 Å². The standard InChI is InChI=1S/C13H15ClN2S2.CH4N2O/c1-9-6-7-10(18-9)8-17-13-11(14)4-3-5-12(13)16(2)15;2-3-1-4/h3-7H,8,15H2,1-2H3;1H,2H2,(H,3,4). The van der Waals surface area contributed by atoms with Crippen molar-refractivity contribution in [3.05, 3.63) is 45.1 Å². The van der Waals surface area contributed by atoms with Gasteiger partial charge in [-0.05, 0) is 31.2 Å². The molecule has 2 rings (SSSR count). The number of rotatable bonds is 5. The van der Waals surface area contributed by atoms with Crippen LogP contribution in [0, 0.1) is 6.92 Å². The summed E-state index contributed by atoms with van der Waals surface area (Å²) in [7, 11) is 1.82. The summed E-state index contributed by atoms with van der Waals surface area (Å²) in [5, 5.41) is 2.36. The molecule has 8 heteroatoms. The molecule has 5 nitrogen and oxygen atoms in total. The molecular formula is C14H19ClN4OS2. The lowest BCUT2D eigenvalue weighted by atomic mass is 10.3. The van der Waals surface area contributed by atoms with E-state index in [0.29, 0.717) is 6.41 Å². The Balaban J connectivity index is 0.000000541. The van der Waals surface area contributed by atoms with Gasteiger partial charge in [-0.3, -0.25) is 10.2 Å². The fraction of sp³-hybridized carbons (Fsp3) is 0.214. The number of thiophene rings is 1. The minimum absolute atomic E-state index is 0.403. The third kappa shape index (κ3) is 5.86. The van der Waals surface area contributed by atoms with Crippen molar-refractivity contribution in [2.45, 2.75) is 17.6 Å². The molecule has 0 unspecified atom stereocenters. The van der Waals surface area contributed by atoms with Gasteiger partial charge in [0, 0.05) is 22.6 Å². The summed E-state index contributed by atoms with van der Waals surface area (Å²) < 4.78 is 0. The highest BCUT2D eigenvalue weighted by atomic mass is 35.5. The molecule has 0 bridgehead atoms. The molecule has 1 aromatic heterocycles. The number of benzene rings is 1. The van der Waals surface area contributed by atoms with Gasteiger partial charge < -0.3 is 5.01 Å². The predicted molar refractivity (Wildman–Crippen MR) is 96.0 cm³/mol. The van der Waals surface area contributed by atoms with Crippen LogP contribution in [0.1, 0.15) is 9.75 Å². The van der Waals surface area contributed by atoms with Crippen molar-refractivity contribution in [2.75, 3.05) is 12.1 Å². The van der Waals surface area contributed by atoms with E-state index in [-0.39, 0.29) is 0 Å². The maximum Gasteiger partial charge on any atom is 0.221 e. The molecule has 0 aliphatic heterocycles. The number of thioether (sulfide) groups is 1. The molecule has 0 aliphatic carbocycles. The van der Waals surface area contributed by atoms with Crippen LogP contribution in [-0.2, 0) is 10.5 Å². The highest BCUT2D eigenvalue weighted by molar-refractivity contribution is 7.99. The fourth-order valence-corrected chi connectivity index (χ4v) is 4.00. The van der Waals surface area contributed by atoms with Gasteiger partial charge in [0.05, 0.1) is 15.6 Å². The van der Waals surface area contributed by atoms with Crippen molar-refractivity contribution in [1.82, 2.24) is 5.43 Å². The van der Waals surface area contributed by atoms with Crippen LogP contribution >= 0.6 is 34.7 Å². The van der Waals surface area contributed by atoms with Gasteiger partial charge >= 0.3 is 0 Å². The van der Waals surface area contributed by atoms with Gasteiger partial charge in [-0.1, -0.05) is 17.7 Å². The van der Waals surface area contributed by atoms with Gasteiger partial charge in [0.2, 0.25) is 6.41 Å². The van der Waals surface area contributed by atoms with Crippen molar-refractivity contribution in [2.24, 2.45) is 11.7 Å². The zero-order valence-corrected chi connectivity index (χ0v) is 14.8. The Bertz CT molecular complexity index is 604. The summed E-state index contributed by atoms with van der Waals surface area (Å²) in [5.74, 6) is 11.1. The van der Waals surface area contributed by atoms with Gasteiger partial charge in [0.15, 0.2) is 0 Å². The van der Waals surface area contributed by atoms with E-state index in [1.165, 1.54) is 9.75 Å². The molecule has 0 spiro atoms. The van der Waals surface area contributed by atoms with Crippen LogP contribution < -0.4 is 22.1 Å². The molecule has 1 aromatic carbocycles. The highest BCUT2D eigenvalue weighted by Gasteiger charge is 2.10. The van der Waals surface area contributed by atoms with Crippen LogP contribution in [-0.4, -0.2) is 13.5 Å². The average molecular weight is 359 g/mol. The summed E-state index contributed by atoms with van der Waals surface area (Å²) >= 11 is 9.79. The highest BCUT2D eigenvalue weighted by Crippen LogP contribution is 2.37. The Morgan fingerprint density at radius 3 is 2.59 bits per heavy atom. The van der Waals surface area contributed by atoms with E-state index >= 15 is 0 Å². The number of carbonyl (C=O) groups is 1. The number of nitrogens with one attached hydrogen (secondary N) is 1. The molecule has 2 aromatic rings. The first-order chi connectivity index (χ1) is 10.5. The molecule has 0 atom stereocenters. The molecule has 0 saturated heterocycles. The first-order valence-electron chi connectivity index (χ1n) is 6.34. The zero-order chi connectivity index (χ0) is 16.5. The predicted octanol–water partition coefficient (Wildman–Crippen LogP) is 2.92. The minimum atomic E-state index is 0.403. The Labute approximate surface area is 143 Å². The third-order valence-electron chi connectivity index (χ3n) is 2.55. The molecule has 120 valence electrons. The number of halogens is 1. The van der Waals surface area contributed by atoms with Crippen molar-refractivity contribution < 1.29 is 4.79 Å². The Morgan fingerprint density at radius 1 is 1.41 bits per heavy atom. The quantitative estimate of drug-likeness (QED) is 0.251. The van der Waals surface area contributed by atoms with E-state index in [1.807, 2.05) is 36.6 Å². The van der Waals surface area contributed by atoms with E-state index in [9.17, 15) is 0 Å². The normalized spacial score (nSPS) is 9.68. The van der Waals surface area contributed by atoms with Gasteiger partial charge in [0.25, 0.3) is 0 Å². The van der Waals surface area contributed by atoms with Crippen LogP contribution in [0.4, 0.5) is 5.69 Å². The number of hydrogen-bond donors (Lipinski definition) is 3.